The molecule has 1 aliphatic heterocycles. The number of nitrogens with one attached hydrogen (secondary N) is 1. The first-order chi connectivity index (χ1) is 8.18. The summed E-state index contributed by atoms with van der Waals surface area (Å²) >= 11 is 0. The van der Waals surface area contributed by atoms with E-state index < -0.39 is 5.79 Å². The number of hydrogen-bond donors (Lipinski definition) is 3. The third kappa shape index (κ3) is 3.32. The summed E-state index contributed by atoms with van der Waals surface area (Å²) in [7, 11) is 0. The molecular weight excluding hydrogens is 212 g/mol. The average Bonchev–Trinajstić information content (AvgIpc) is 2.35. The molecule has 0 saturated heterocycles. The highest BCUT2D eigenvalue weighted by Gasteiger charge is 2.22. The van der Waals surface area contributed by atoms with Gasteiger partial charge in [0, 0.05) is 18.8 Å². The van der Waals surface area contributed by atoms with Gasteiger partial charge < -0.3 is 11.1 Å². The van der Waals surface area contributed by atoms with Crippen molar-refractivity contribution >= 4 is 6.21 Å². The Morgan fingerprint density at radius 3 is 2.65 bits per heavy atom. The Kier molecular flexibility index (Phi) is 3.44. The molecule has 0 fully saturated rings. The molecule has 0 saturated carbocycles. The third-order valence-electron chi connectivity index (χ3n) is 2.80. The van der Waals surface area contributed by atoms with Crippen molar-refractivity contribution in [2.24, 2.45) is 16.5 Å². The average molecular weight is 230 g/mol. The van der Waals surface area contributed by atoms with Gasteiger partial charge in [-0.1, -0.05) is 30.3 Å². The smallest absolute Gasteiger partial charge is 0.181 e. The molecule has 1 unspecified atom stereocenters. The highest BCUT2D eigenvalue weighted by molar-refractivity contribution is 5.78. The second-order valence-corrected chi connectivity index (χ2v) is 4.31. The van der Waals surface area contributed by atoms with Crippen LogP contribution in [0.1, 0.15) is 18.4 Å². The van der Waals surface area contributed by atoms with Gasteiger partial charge in [0.15, 0.2) is 5.79 Å². The van der Waals surface area contributed by atoms with Crippen molar-refractivity contribution in [1.82, 2.24) is 5.32 Å². The van der Waals surface area contributed by atoms with E-state index in [9.17, 15) is 0 Å². The number of nitrogens with two attached hydrogens (primary N) is 2. The van der Waals surface area contributed by atoms with Gasteiger partial charge in [-0.3, -0.25) is 5.73 Å². The summed E-state index contributed by atoms with van der Waals surface area (Å²) in [5, 5.41) is 3.02. The van der Waals surface area contributed by atoms with Crippen LogP contribution in [-0.4, -0.2) is 12.0 Å². The van der Waals surface area contributed by atoms with Gasteiger partial charge in [0.1, 0.15) is 0 Å². The molecule has 1 aromatic carbocycles. The van der Waals surface area contributed by atoms with Crippen LogP contribution in [0.5, 0.6) is 0 Å². The van der Waals surface area contributed by atoms with Crippen molar-refractivity contribution in [3.05, 3.63) is 47.8 Å². The van der Waals surface area contributed by atoms with Crippen molar-refractivity contribution in [3.63, 3.8) is 0 Å². The number of benzene rings is 1. The van der Waals surface area contributed by atoms with Crippen molar-refractivity contribution in [2.45, 2.75) is 25.0 Å². The maximum Gasteiger partial charge on any atom is 0.181 e. The summed E-state index contributed by atoms with van der Waals surface area (Å²) in [6, 6.07) is 10.4. The first-order valence-corrected chi connectivity index (χ1v) is 5.79. The number of aliphatic imine (C=N–C) groups is 1. The Labute approximate surface area is 101 Å². The van der Waals surface area contributed by atoms with Crippen molar-refractivity contribution in [1.29, 1.82) is 0 Å². The first kappa shape index (κ1) is 11.7. The normalized spacial score (nSPS) is 23.0. The fourth-order valence-electron chi connectivity index (χ4n) is 1.82. The maximum atomic E-state index is 6.08. The van der Waals surface area contributed by atoms with Crippen molar-refractivity contribution in [3.8, 4) is 0 Å². The van der Waals surface area contributed by atoms with Gasteiger partial charge in [-0.2, -0.15) is 0 Å². The Morgan fingerprint density at radius 1 is 1.24 bits per heavy atom. The summed E-state index contributed by atoms with van der Waals surface area (Å²) in [5.41, 5.74) is 13.6. The summed E-state index contributed by atoms with van der Waals surface area (Å²) in [5.74, 6) is -0.697. The Morgan fingerprint density at radius 2 is 2.00 bits per heavy atom. The summed E-state index contributed by atoms with van der Waals surface area (Å²) in [4.78, 5) is 4.22. The van der Waals surface area contributed by atoms with Crippen LogP contribution in [0.15, 0.2) is 47.2 Å². The highest BCUT2D eigenvalue weighted by atomic mass is 15.3. The Hall–Kier alpha value is -1.81. The minimum atomic E-state index is -0.697. The predicted molar refractivity (Wildman–Crippen MR) is 70.2 cm³/mol. The molecule has 17 heavy (non-hydrogen) atoms. The second kappa shape index (κ2) is 5.01. The number of rotatable bonds is 4. The number of allylic oxidation sites excluding steroid dienone is 1. The lowest BCUT2D eigenvalue weighted by molar-refractivity contribution is 0.354. The van der Waals surface area contributed by atoms with Crippen LogP contribution >= 0.6 is 0 Å². The van der Waals surface area contributed by atoms with Gasteiger partial charge in [0.25, 0.3) is 0 Å². The van der Waals surface area contributed by atoms with Gasteiger partial charge in [-0.15, -0.1) is 0 Å². The molecule has 0 spiro atoms. The van der Waals surface area contributed by atoms with Crippen LogP contribution in [0.3, 0.4) is 0 Å². The summed E-state index contributed by atoms with van der Waals surface area (Å²) < 4.78 is 0. The molecule has 1 aliphatic rings. The molecule has 4 nitrogen and oxygen atoms in total. The van der Waals surface area contributed by atoms with E-state index >= 15 is 0 Å². The van der Waals surface area contributed by atoms with Gasteiger partial charge >= 0.3 is 0 Å². The molecule has 5 N–H and O–H groups in total. The molecule has 0 amide bonds. The molecule has 90 valence electrons. The molecule has 1 atom stereocenters. The quantitative estimate of drug-likeness (QED) is 0.725. The topological polar surface area (TPSA) is 76.4 Å². The van der Waals surface area contributed by atoms with E-state index in [1.54, 1.807) is 12.4 Å². The largest absolute Gasteiger partial charge is 0.396 e. The van der Waals surface area contributed by atoms with Crippen molar-refractivity contribution in [2.75, 3.05) is 0 Å². The Bertz CT molecular complexity index is 424. The van der Waals surface area contributed by atoms with E-state index in [2.05, 4.69) is 22.4 Å². The maximum absolute atomic E-state index is 6.08. The highest BCUT2D eigenvalue weighted by Crippen LogP contribution is 2.13. The molecule has 1 aromatic rings. The SMILES string of the molecule is NC1=CNC(N)(CCCc2ccccc2)N=C1. The van der Waals surface area contributed by atoms with Crippen LogP contribution < -0.4 is 16.8 Å². The Balaban J connectivity index is 1.81. The summed E-state index contributed by atoms with van der Waals surface area (Å²) in [6.07, 6.45) is 6.09. The second-order valence-electron chi connectivity index (χ2n) is 4.31. The minimum absolute atomic E-state index is 0.606. The van der Waals surface area contributed by atoms with Gasteiger partial charge in [0.2, 0.25) is 0 Å². The van der Waals surface area contributed by atoms with E-state index in [1.165, 1.54) is 5.56 Å². The van der Waals surface area contributed by atoms with E-state index in [4.69, 9.17) is 11.5 Å². The fourth-order valence-corrected chi connectivity index (χ4v) is 1.82. The molecule has 0 radical (unpaired) electrons. The third-order valence-corrected chi connectivity index (χ3v) is 2.80. The van der Waals surface area contributed by atoms with Crippen LogP contribution in [0, 0.1) is 0 Å². The zero-order chi connectivity index (χ0) is 12.1. The molecule has 0 aromatic heterocycles. The summed E-state index contributed by atoms with van der Waals surface area (Å²) in [6.45, 7) is 0. The van der Waals surface area contributed by atoms with E-state index in [0.717, 1.165) is 19.3 Å². The van der Waals surface area contributed by atoms with Crippen LogP contribution in [0.4, 0.5) is 0 Å². The molecule has 2 rings (SSSR count). The minimum Gasteiger partial charge on any atom is -0.396 e. The zero-order valence-corrected chi connectivity index (χ0v) is 9.76. The molecule has 1 heterocycles. The number of aryl methyl sites for hydroxylation is 1. The van der Waals surface area contributed by atoms with Crippen LogP contribution in [0.2, 0.25) is 0 Å². The molecule has 0 aliphatic carbocycles. The first-order valence-electron chi connectivity index (χ1n) is 5.79. The molecule has 0 bridgehead atoms. The van der Waals surface area contributed by atoms with E-state index in [1.807, 2.05) is 18.2 Å². The zero-order valence-electron chi connectivity index (χ0n) is 9.76. The van der Waals surface area contributed by atoms with Gasteiger partial charge in [-0.05, 0) is 18.4 Å². The van der Waals surface area contributed by atoms with E-state index in [0.29, 0.717) is 5.70 Å². The lowest BCUT2D eigenvalue weighted by atomic mass is 10.1. The van der Waals surface area contributed by atoms with Crippen molar-refractivity contribution < 1.29 is 0 Å². The van der Waals surface area contributed by atoms with Gasteiger partial charge in [0.05, 0.1) is 5.70 Å². The standard InChI is InChI=1S/C13H18N4/c14-12-9-16-13(15,17-10-12)8-4-7-11-5-2-1-3-6-11/h1-3,5-6,9-10,16H,4,7-8,14-15H2. The monoisotopic (exact) mass is 230 g/mol. The lowest BCUT2D eigenvalue weighted by Crippen LogP contribution is -2.51. The van der Waals surface area contributed by atoms with E-state index in [-0.39, 0.29) is 0 Å². The van der Waals surface area contributed by atoms with Gasteiger partial charge in [-0.25, -0.2) is 4.99 Å². The number of hydrogen-bond acceptors (Lipinski definition) is 4. The van der Waals surface area contributed by atoms with Crippen LogP contribution in [-0.2, 0) is 6.42 Å². The predicted octanol–water partition coefficient (Wildman–Crippen LogP) is 1.10. The number of nitrogens with zero attached hydrogens (tertiary/aromatic N) is 1. The van der Waals surface area contributed by atoms with Crippen LogP contribution in [0.25, 0.3) is 0 Å². The molecule has 4 heteroatoms. The fraction of sp³-hybridized carbons (Fsp3) is 0.308. The molecular formula is C13H18N4. The lowest BCUT2D eigenvalue weighted by Gasteiger charge is -2.28.